The molecule has 0 saturated heterocycles. The lowest BCUT2D eigenvalue weighted by Crippen LogP contribution is -2.64. The Morgan fingerprint density at radius 1 is 1.30 bits per heavy atom. The van der Waals surface area contributed by atoms with E-state index in [1.54, 1.807) is 6.20 Å². The molecule has 2 heterocycles. The molecular formula is C19H25N7O. The molecule has 3 N–H and O–H groups in total. The lowest BCUT2D eigenvalue weighted by Gasteiger charge is -2.57. The summed E-state index contributed by atoms with van der Waals surface area (Å²) >= 11 is 0. The Morgan fingerprint density at radius 3 is 2.70 bits per heavy atom. The Bertz CT molecular complexity index is 873. The fourth-order valence-corrected chi connectivity index (χ4v) is 3.24. The van der Waals surface area contributed by atoms with Gasteiger partial charge in [0.1, 0.15) is 23.8 Å². The van der Waals surface area contributed by atoms with Gasteiger partial charge in [0, 0.05) is 35.5 Å². The van der Waals surface area contributed by atoms with Crippen LogP contribution in [0.25, 0.3) is 0 Å². The number of anilines is 2. The molecule has 1 aliphatic carbocycles. The SMILES string of the molecule is CCc1ncncc1CNc1ncc(C#N)c(NC2CC(C)(O)C2(C)C)n1. The summed E-state index contributed by atoms with van der Waals surface area (Å²) in [6.45, 7) is 8.38. The van der Waals surface area contributed by atoms with E-state index >= 15 is 0 Å². The Hall–Kier alpha value is -2.79. The summed E-state index contributed by atoms with van der Waals surface area (Å²) in [4.78, 5) is 17.0. The maximum atomic E-state index is 10.4. The maximum Gasteiger partial charge on any atom is 0.224 e. The lowest BCUT2D eigenvalue weighted by molar-refractivity contribution is -0.142. The zero-order chi connectivity index (χ0) is 19.7. The Labute approximate surface area is 159 Å². The lowest BCUT2D eigenvalue weighted by atomic mass is 9.56. The van der Waals surface area contributed by atoms with Gasteiger partial charge in [-0.25, -0.2) is 15.0 Å². The molecule has 1 fully saturated rings. The van der Waals surface area contributed by atoms with E-state index in [0.717, 1.165) is 17.7 Å². The van der Waals surface area contributed by atoms with Gasteiger partial charge in [0.2, 0.25) is 5.95 Å². The van der Waals surface area contributed by atoms with Gasteiger partial charge in [-0.15, -0.1) is 0 Å². The molecule has 2 aromatic heterocycles. The Morgan fingerprint density at radius 2 is 2.07 bits per heavy atom. The van der Waals surface area contributed by atoms with E-state index in [-0.39, 0.29) is 11.5 Å². The van der Waals surface area contributed by atoms with Gasteiger partial charge >= 0.3 is 0 Å². The number of nitriles is 1. The molecule has 0 aromatic carbocycles. The van der Waals surface area contributed by atoms with Crippen LogP contribution in [0.5, 0.6) is 0 Å². The molecule has 0 bridgehead atoms. The summed E-state index contributed by atoms with van der Waals surface area (Å²) in [5.74, 6) is 0.898. The van der Waals surface area contributed by atoms with Crippen molar-refractivity contribution in [1.82, 2.24) is 19.9 Å². The first-order chi connectivity index (χ1) is 12.8. The van der Waals surface area contributed by atoms with Crippen LogP contribution < -0.4 is 10.6 Å². The summed E-state index contributed by atoms with van der Waals surface area (Å²) in [6.07, 6.45) is 6.23. The zero-order valence-corrected chi connectivity index (χ0v) is 16.1. The van der Waals surface area contributed by atoms with Crippen molar-refractivity contribution in [2.75, 3.05) is 10.6 Å². The van der Waals surface area contributed by atoms with Crippen LogP contribution >= 0.6 is 0 Å². The number of nitrogens with zero attached hydrogens (tertiary/aromatic N) is 5. The molecule has 2 unspecified atom stereocenters. The Balaban J connectivity index is 1.75. The van der Waals surface area contributed by atoms with E-state index in [1.165, 1.54) is 12.5 Å². The van der Waals surface area contributed by atoms with E-state index in [9.17, 15) is 10.4 Å². The van der Waals surface area contributed by atoms with Crippen LogP contribution in [0.4, 0.5) is 11.8 Å². The predicted molar refractivity (Wildman–Crippen MR) is 102 cm³/mol. The third kappa shape index (κ3) is 3.55. The second-order valence-corrected chi connectivity index (χ2v) is 7.67. The molecule has 0 amide bonds. The second kappa shape index (κ2) is 7.08. The highest BCUT2D eigenvalue weighted by Gasteiger charge is 2.56. The van der Waals surface area contributed by atoms with Crippen molar-refractivity contribution >= 4 is 11.8 Å². The monoisotopic (exact) mass is 367 g/mol. The minimum atomic E-state index is -0.741. The predicted octanol–water partition coefficient (Wildman–Crippen LogP) is 2.27. The highest BCUT2D eigenvalue weighted by Crippen LogP contribution is 2.50. The van der Waals surface area contributed by atoms with Gasteiger partial charge in [0.15, 0.2) is 0 Å². The van der Waals surface area contributed by atoms with Gasteiger partial charge in [0.25, 0.3) is 0 Å². The van der Waals surface area contributed by atoms with Gasteiger partial charge in [-0.2, -0.15) is 10.2 Å². The number of rotatable bonds is 6. The third-order valence-corrected chi connectivity index (χ3v) is 5.73. The van der Waals surface area contributed by atoms with E-state index in [4.69, 9.17) is 0 Å². The van der Waals surface area contributed by atoms with Crippen molar-refractivity contribution in [3.05, 3.63) is 35.5 Å². The summed E-state index contributed by atoms with van der Waals surface area (Å²) in [6, 6.07) is 2.14. The molecule has 0 radical (unpaired) electrons. The summed E-state index contributed by atoms with van der Waals surface area (Å²) in [5.41, 5.74) is 1.27. The van der Waals surface area contributed by atoms with Gasteiger partial charge in [-0.1, -0.05) is 20.8 Å². The number of hydrogen-bond acceptors (Lipinski definition) is 8. The van der Waals surface area contributed by atoms with Crippen molar-refractivity contribution in [3.63, 3.8) is 0 Å². The minimum absolute atomic E-state index is 0.0246. The fourth-order valence-electron chi connectivity index (χ4n) is 3.24. The summed E-state index contributed by atoms with van der Waals surface area (Å²) in [7, 11) is 0. The quantitative estimate of drug-likeness (QED) is 0.711. The molecule has 2 atom stereocenters. The van der Waals surface area contributed by atoms with Crippen LogP contribution in [-0.2, 0) is 13.0 Å². The van der Waals surface area contributed by atoms with Crippen molar-refractivity contribution in [2.24, 2.45) is 5.41 Å². The first-order valence-electron chi connectivity index (χ1n) is 9.06. The molecule has 142 valence electrons. The maximum absolute atomic E-state index is 10.4. The van der Waals surface area contributed by atoms with Crippen LogP contribution in [-0.4, -0.2) is 36.7 Å². The van der Waals surface area contributed by atoms with Crippen molar-refractivity contribution in [3.8, 4) is 6.07 Å². The number of aryl methyl sites for hydroxylation is 1. The van der Waals surface area contributed by atoms with Crippen LogP contribution in [0.3, 0.4) is 0 Å². The number of hydrogen-bond donors (Lipinski definition) is 3. The number of aliphatic hydroxyl groups is 1. The molecule has 0 aliphatic heterocycles. The van der Waals surface area contributed by atoms with E-state index in [2.05, 4.69) is 36.6 Å². The normalized spacial score (nSPS) is 23.2. The van der Waals surface area contributed by atoms with Gasteiger partial charge < -0.3 is 15.7 Å². The largest absolute Gasteiger partial charge is 0.389 e. The molecule has 1 aliphatic rings. The molecule has 8 nitrogen and oxygen atoms in total. The molecule has 27 heavy (non-hydrogen) atoms. The molecule has 3 rings (SSSR count). The van der Waals surface area contributed by atoms with E-state index < -0.39 is 5.60 Å². The smallest absolute Gasteiger partial charge is 0.224 e. The van der Waals surface area contributed by atoms with Crippen molar-refractivity contribution in [1.29, 1.82) is 5.26 Å². The van der Waals surface area contributed by atoms with Gasteiger partial charge in [-0.3, -0.25) is 0 Å². The van der Waals surface area contributed by atoms with E-state index in [0.29, 0.717) is 30.3 Å². The average Bonchev–Trinajstić information content (AvgIpc) is 2.66. The van der Waals surface area contributed by atoms with Crippen LogP contribution in [0.2, 0.25) is 0 Å². The first-order valence-corrected chi connectivity index (χ1v) is 9.06. The second-order valence-electron chi connectivity index (χ2n) is 7.67. The standard InChI is InChI=1S/C19H25N7O/c1-5-14-13(8-21-11-24-14)10-23-17-22-9-12(7-20)16(26-17)25-15-6-19(4,27)18(15,2)3/h8-9,11,15,27H,5-6,10H2,1-4H3,(H2,22,23,25,26). The third-order valence-electron chi connectivity index (χ3n) is 5.73. The number of aromatic nitrogens is 4. The molecule has 0 spiro atoms. The summed E-state index contributed by atoms with van der Waals surface area (Å²) in [5, 5.41) is 26.2. The van der Waals surface area contributed by atoms with Crippen LogP contribution in [0, 0.1) is 16.7 Å². The molecule has 2 aromatic rings. The fraction of sp³-hybridized carbons (Fsp3) is 0.526. The van der Waals surface area contributed by atoms with Gasteiger partial charge in [0.05, 0.1) is 11.8 Å². The molecule has 8 heteroatoms. The summed E-state index contributed by atoms with van der Waals surface area (Å²) < 4.78 is 0. The van der Waals surface area contributed by atoms with Crippen molar-refractivity contribution < 1.29 is 5.11 Å². The zero-order valence-electron chi connectivity index (χ0n) is 16.1. The van der Waals surface area contributed by atoms with Crippen molar-refractivity contribution in [2.45, 2.75) is 58.7 Å². The van der Waals surface area contributed by atoms with Crippen LogP contribution in [0.15, 0.2) is 18.7 Å². The molecule has 1 saturated carbocycles. The number of nitrogens with one attached hydrogen (secondary N) is 2. The highest BCUT2D eigenvalue weighted by atomic mass is 16.3. The van der Waals surface area contributed by atoms with E-state index in [1.807, 2.05) is 27.7 Å². The minimum Gasteiger partial charge on any atom is -0.389 e. The average molecular weight is 367 g/mol. The van der Waals surface area contributed by atoms with Gasteiger partial charge in [-0.05, 0) is 19.8 Å². The molecular weight excluding hydrogens is 342 g/mol. The first kappa shape index (κ1) is 19.0. The highest BCUT2D eigenvalue weighted by molar-refractivity contribution is 5.55. The Kier molecular flexibility index (Phi) is 4.98. The van der Waals surface area contributed by atoms with Crippen LogP contribution in [0.1, 0.15) is 50.9 Å². The topological polar surface area (TPSA) is 120 Å².